The molecule has 132 valence electrons. The van der Waals surface area contributed by atoms with Crippen LogP contribution in [-0.4, -0.2) is 58.0 Å². The molecular weight excluding hydrogens is 330 g/mol. The lowest BCUT2D eigenvalue weighted by atomic mass is 10.0. The van der Waals surface area contributed by atoms with Crippen LogP contribution < -0.4 is 9.47 Å². The van der Waals surface area contributed by atoms with E-state index in [1.165, 1.54) is 11.0 Å². The number of hydrogen-bond acceptors (Lipinski definition) is 5. The Hall–Kier alpha value is -2.02. The third kappa shape index (κ3) is 4.08. The summed E-state index contributed by atoms with van der Waals surface area (Å²) in [7, 11) is 1.75. The molecule has 0 saturated carbocycles. The van der Waals surface area contributed by atoms with Crippen molar-refractivity contribution < 1.29 is 22.7 Å². The first-order valence-electron chi connectivity index (χ1n) is 7.65. The van der Waals surface area contributed by atoms with E-state index in [9.17, 15) is 13.2 Å². The normalized spacial score (nSPS) is 19.8. The lowest BCUT2D eigenvalue weighted by molar-refractivity contribution is -0.126. The quantitative estimate of drug-likeness (QED) is 0.754. The van der Waals surface area contributed by atoms with Crippen molar-refractivity contribution in [2.75, 3.05) is 32.8 Å². The fourth-order valence-electron chi connectivity index (χ4n) is 2.75. The van der Waals surface area contributed by atoms with Crippen molar-refractivity contribution in [1.29, 1.82) is 0 Å². The summed E-state index contributed by atoms with van der Waals surface area (Å²) in [4.78, 5) is 13.9. The van der Waals surface area contributed by atoms with Gasteiger partial charge in [-0.25, -0.2) is 8.42 Å². The molecule has 24 heavy (non-hydrogen) atoms. The van der Waals surface area contributed by atoms with Crippen LogP contribution in [0.3, 0.4) is 0 Å². The highest BCUT2D eigenvalue weighted by Gasteiger charge is 2.32. The van der Waals surface area contributed by atoms with Gasteiger partial charge >= 0.3 is 0 Å². The molecule has 1 saturated heterocycles. The number of amides is 1. The Morgan fingerprint density at radius 2 is 2.00 bits per heavy atom. The van der Waals surface area contributed by atoms with E-state index in [1.54, 1.807) is 33.4 Å². The molecule has 1 amide bonds. The summed E-state index contributed by atoms with van der Waals surface area (Å²) in [5, 5.41) is 0. The molecule has 1 aromatic rings. The van der Waals surface area contributed by atoms with Gasteiger partial charge in [0.05, 0.1) is 25.7 Å². The number of allylic oxidation sites excluding steroid dienone is 1. The number of hydrogen-bond donors (Lipinski definition) is 0. The van der Waals surface area contributed by atoms with Crippen molar-refractivity contribution in [3.05, 3.63) is 29.8 Å². The number of benzene rings is 1. The smallest absolute Gasteiger partial charge is 0.246 e. The van der Waals surface area contributed by atoms with Crippen molar-refractivity contribution >= 4 is 21.3 Å². The minimum atomic E-state index is -3.02. The zero-order valence-corrected chi connectivity index (χ0v) is 15.2. The van der Waals surface area contributed by atoms with Crippen LogP contribution in [0.4, 0.5) is 0 Å². The second-order valence-electron chi connectivity index (χ2n) is 5.90. The molecular formula is C17H23NO5S. The third-order valence-corrected chi connectivity index (χ3v) is 6.03. The van der Waals surface area contributed by atoms with Crippen LogP contribution in [0.15, 0.2) is 24.3 Å². The maximum atomic E-state index is 12.4. The van der Waals surface area contributed by atoms with Crippen LogP contribution >= 0.6 is 0 Å². The second-order valence-corrected chi connectivity index (χ2v) is 8.13. The van der Waals surface area contributed by atoms with Crippen LogP contribution in [0.1, 0.15) is 18.9 Å². The van der Waals surface area contributed by atoms with Gasteiger partial charge in [0.25, 0.3) is 0 Å². The molecule has 0 N–H and O–H groups in total. The van der Waals surface area contributed by atoms with Crippen molar-refractivity contribution in [3.63, 3.8) is 0 Å². The van der Waals surface area contributed by atoms with E-state index < -0.39 is 9.84 Å². The summed E-state index contributed by atoms with van der Waals surface area (Å²) in [6, 6.07) is 5.12. The predicted octanol–water partition coefficient (Wildman–Crippen LogP) is 1.75. The average molecular weight is 353 g/mol. The Labute approximate surface area is 143 Å². The standard InChI is InChI=1S/C17H23NO5S/c1-12(15-6-5-14(22-3)10-16(15)23-4)9-17(19)18(2)13-7-8-24(20,21)11-13/h5-6,9-10,13H,7-8,11H2,1-4H3/b12-9+. The van der Waals surface area contributed by atoms with Gasteiger partial charge in [-0.15, -0.1) is 0 Å². The Kier molecular flexibility index (Phi) is 5.54. The second kappa shape index (κ2) is 7.25. The highest BCUT2D eigenvalue weighted by molar-refractivity contribution is 7.91. The summed E-state index contributed by atoms with van der Waals surface area (Å²) >= 11 is 0. The Bertz CT molecular complexity index is 754. The third-order valence-electron chi connectivity index (χ3n) is 4.28. The van der Waals surface area contributed by atoms with Crippen molar-refractivity contribution in [1.82, 2.24) is 4.90 Å². The van der Waals surface area contributed by atoms with E-state index in [1.807, 2.05) is 13.0 Å². The predicted molar refractivity (Wildman–Crippen MR) is 93.0 cm³/mol. The van der Waals surface area contributed by atoms with Gasteiger partial charge in [0, 0.05) is 30.8 Å². The monoisotopic (exact) mass is 353 g/mol. The average Bonchev–Trinajstić information content (AvgIpc) is 2.93. The van der Waals surface area contributed by atoms with E-state index in [0.29, 0.717) is 17.9 Å². The van der Waals surface area contributed by atoms with Gasteiger partial charge in [0.15, 0.2) is 9.84 Å². The van der Waals surface area contributed by atoms with E-state index in [4.69, 9.17) is 9.47 Å². The minimum absolute atomic E-state index is 0.0357. The number of nitrogens with zero attached hydrogens (tertiary/aromatic N) is 1. The van der Waals surface area contributed by atoms with Gasteiger partial charge in [0.2, 0.25) is 5.91 Å². The number of likely N-dealkylation sites (N-methyl/N-ethyl adjacent to an activating group) is 1. The highest BCUT2D eigenvalue weighted by Crippen LogP contribution is 2.30. The van der Waals surface area contributed by atoms with E-state index >= 15 is 0 Å². The molecule has 0 radical (unpaired) electrons. The molecule has 7 heteroatoms. The highest BCUT2D eigenvalue weighted by atomic mass is 32.2. The number of rotatable bonds is 5. The first-order valence-corrected chi connectivity index (χ1v) is 9.47. The molecule has 0 bridgehead atoms. The Morgan fingerprint density at radius 1 is 1.29 bits per heavy atom. The van der Waals surface area contributed by atoms with Crippen LogP contribution in [0, 0.1) is 0 Å². The van der Waals surface area contributed by atoms with Crippen LogP contribution in [-0.2, 0) is 14.6 Å². The van der Waals surface area contributed by atoms with Gasteiger partial charge in [-0.2, -0.15) is 0 Å². The molecule has 1 aliphatic heterocycles. The molecule has 1 aromatic carbocycles. The van der Waals surface area contributed by atoms with Crippen LogP contribution in [0.5, 0.6) is 11.5 Å². The summed E-state index contributed by atoms with van der Waals surface area (Å²) < 4.78 is 33.7. The first-order chi connectivity index (χ1) is 11.3. The molecule has 6 nitrogen and oxygen atoms in total. The number of ether oxygens (including phenoxy) is 2. The molecule has 2 rings (SSSR count). The number of methoxy groups -OCH3 is 2. The number of sulfone groups is 1. The van der Waals surface area contributed by atoms with E-state index in [2.05, 4.69) is 0 Å². The summed E-state index contributed by atoms with van der Waals surface area (Å²) in [5.41, 5.74) is 1.53. The fraction of sp³-hybridized carbons (Fsp3) is 0.471. The number of carbonyl (C=O) groups is 1. The largest absolute Gasteiger partial charge is 0.497 e. The van der Waals surface area contributed by atoms with Crippen LogP contribution in [0.25, 0.3) is 5.57 Å². The Morgan fingerprint density at radius 3 is 2.54 bits per heavy atom. The number of carbonyl (C=O) groups excluding carboxylic acids is 1. The maximum absolute atomic E-state index is 12.4. The van der Waals surface area contributed by atoms with E-state index in [-0.39, 0.29) is 23.5 Å². The van der Waals surface area contributed by atoms with E-state index in [0.717, 1.165) is 11.1 Å². The first kappa shape index (κ1) is 18.3. The lowest BCUT2D eigenvalue weighted by Crippen LogP contribution is -2.36. The zero-order chi connectivity index (χ0) is 17.9. The Balaban J connectivity index is 2.19. The molecule has 0 aliphatic carbocycles. The SMILES string of the molecule is COc1ccc(/C(C)=C/C(=O)N(C)C2CCS(=O)(=O)C2)c(OC)c1. The lowest BCUT2D eigenvalue weighted by Gasteiger charge is -2.22. The summed E-state index contributed by atoms with van der Waals surface area (Å²) in [5.74, 6) is 1.25. The summed E-state index contributed by atoms with van der Waals surface area (Å²) in [6.45, 7) is 1.82. The summed E-state index contributed by atoms with van der Waals surface area (Å²) in [6.07, 6.45) is 2.00. The zero-order valence-electron chi connectivity index (χ0n) is 14.4. The van der Waals surface area contributed by atoms with Crippen molar-refractivity contribution in [3.8, 4) is 11.5 Å². The van der Waals surface area contributed by atoms with Gasteiger partial charge in [0.1, 0.15) is 11.5 Å². The molecule has 0 aromatic heterocycles. The fourth-order valence-corrected chi connectivity index (χ4v) is 4.52. The van der Waals surface area contributed by atoms with Crippen molar-refractivity contribution in [2.24, 2.45) is 0 Å². The van der Waals surface area contributed by atoms with Gasteiger partial charge < -0.3 is 14.4 Å². The molecule has 0 spiro atoms. The van der Waals surface area contributed by atoms with Crippen molar-refractivity contribution in [2.45, 2.75) is 19.4 Å². The minimum Gasteiger partial charge on any atom is -0.497 e. The molecule has 1 aliphatic rings. The molecule has 1 heterocycles. The molecule has 1 unspecified atom stereocenters. The molecule has 1 fully saturated rings. The molecule has 1 atom stereocenters. The van der Waals surface area contributed by atoms with Gasteiger partial charge in [-0.05, 0) is 31.1 Å². The topological polar surface area (TPSA) is 72.9 Å². The maximum Gasteiger partial charge on any atom is 0.246 e. The van der Waals surface area contributed by atoms with Gasteiger partial charge in [-0.1, -0.05) is 0 Å². The van der Waals surface area contributed by atoms with Gasteiger partial charge in [-0.3, -0.25) is 4.79 Å². The van der Waals surface area contributed by atoms with Crippen LogP contribution in [0.2, 0.25) is 0 Å².